The van der Waals surface area contributed by atoms with Crippen LogP contribution in [-0.4, -0.2) is 45.2 Å². The van der Waals surface area contributed by atoms with E-state index in [1.165, 1.54) is 5.56 Å². The van der Waals surface area contributed by atoms with Gasteiger partial charge >= 0.3 is 0 Å². The molecule has 5 rings (SSSR count). The number of thioether (sulfide) groups is 1. The van der Waals surface area contributed by atoms with Crippen molar-refractivity contribution in [1.29, 1.82) is 0 Å². The maximum Gasteiger partial charge on any atom is 0.225 e. The Morgan fingerprint density at radius 3 is 2.50 bits per heavy atom. The summed E-state index contributed by atoms with van der Waals surface area (Å²) in [5.74, 6) is 3.93. The Morgan fingerprint density at radius 1 is 1.15 bits per heavy atom. The average molecular weight is 497 g/mol. The lowest BCUT2D eigenvalue weighted by molar-refractivity contribution is 0.252. The van der Waals surface area contributed by atoms with Crippen LogP contribution in [0, 0.1) is 0 Å². The first kappa shape index (κ1) is 23.8. The van der Waals surface area contributed by atoms with Crippen molar-refractivity contribution in [3.63, 3.8) is 0 Å². The van der Waals surface area contributed by atoms with Gasteiger partial charge in [0.25, 0.3) is 0 Å². The Bertz CT molecular complexity index is 1150. The molecule has 8 heteroatoms. The Morgan fingerprint density at radius 2 is 1.88 bits per heavy atom. The molecule has 0 saturated heterocycles. The number of fused-ring (bicyclic) bond motifs is 1. The fourth-order valence-corrected chi connectivity index (χ4v) is 6.89. The van der Waals surface area contributed by atoms with Gasteiger partial charge in [-0.25, -0.2) is 4.98 Å². The van der Waals surface area contributed by atoms with E-state index in [1.54, 1.807) is 12.5 Å². The maximum atomic E-state index is 6.65. The van der Waals surface area contributed by atoms with Crippen LogP contribution in [0.3, 0.4) is 0 Å². The van der Waals surface area contributed by atoms with Crippen molar-refractivity contribution in [2.24, 2.45) is 0 Å². The van der Waals surface area contributed by atoms with E-state index in [0.717, 1.165) is 55.4 Å². The Hall–Kier alpha value is -1.90. The Balaban J connectivity index is 1.37. The molecule has 6 nitrogen and oxygen atoms in total. The first-order valence-electron chi connectivity index (χ1n) is 12.2. The highest BCUT2D eigenvalue weighted by Crippen LogP contribution is 2.53. The molecule has 0 radical (unpaired) electrons. The van der Waals surface area contributed by atoms with Crippen molar-refractivity contribution in [2.45, 2.75) is 81.8 Å². The minimum absolute atomic E-state index is 0.0163. The topological polar surface area (TPSA) is 66.0 Å². The largest absolute Gasteiger partial charge is 0.445 e. The zero-order valence-corrected chi connectivity index (χ0v) is 23.0. The summed E-state index contributed by atoms with van der Waals surface area (Å²) in [7, 11) is -1.79. The van der Waals surface area contributed by atoms with Gasteiger partial charge in [-0.3, -0.25) is 0 Å². The molecule has 1 fully saturated rings. The standard InChI is InChI=1S/C26H36N4O2SSi/c1-24(2,3)34(5,6)32-18-25(4)17-21-28-29-23(30(21)14-16-33-25)26(11-12-26)20-9-7-19(8-10-20)22-27-13-15-31-22/h7-10,13,15H,11-12,14,16-18H2,1-6H3. The minimum atomic E-state index is -1.79. The molecule has 2 aromatic heterocycles. The lowest BCUT2D eigenvalue weighted by Crippen LogP contribution is -2.45. The zero-order valence-electron chi connectivity index (χ0n) is 21.2. The molecule has 2 aliphatic rings. The number of oxazole rings is 1. The van der Waals surface area contributed by atoms with E-state index < -0.39 is 8.32 Å². The monoisotopic (exact) mass is 496 g/mol. The van der Waals surface area contributed by atoms with E-state index in [2.05, 4.69) is 74.6 Å². The molecule has 0 amide bonds. The van der Waals surface area contributed by atoms with E-state index >= 15 is 0 Å². The number of hydrogen-bond acceptors (Lipinski definition) is 6. The lowest BCUT2D eigenvalue weighted by atomic mass is 9.94. The van der Waals surface area contributed by atoms with Gasteiger partial charge in [-0.2, -0.15) is 11.8 Å². The van der Waals surface area contributed by atoms with E-state index in [-0.39, 0.29) is 15.2 Å². The molecule has 1 atom stereocenters. The van der Waals surface area contributed by atoms with Gasteiger partial charge in [-0.05, 0) is 55.6 Å². The molecule has 1 unspecified atom stereocenters. The summed E-state index contributed by atoms with van der Waals surface area (Å²) in [6, 6.07) is 8.62. The number of rotatable bonds is 6. The van der Waals surface area contributed by atoms with Gasteiger partial charge in [0.15, 0.2) is 8.32 Å². The molecule has 3 aromatic rings. The first-order valence-corrected chi connectivity index (χ1v) is 16.1. The summed E-state index contributed by atoms with van der Waals surface area (Å²) >= 11 is 2.03. The molecule has 182 valence electrons. The second kappa shape index (κ2) is 8.35. The molecule has 1 aliphatic heterocycles. The highest BCUT2D eigenvalue weighted by Gasteiger charge is 2.51. The third kappa shape index (κ3) is 4.29. The SMILES string of the molecule is CC1(CO[Si](C)(C)C(C)(C)C)Cc2nnc(C3(c4ccc(-c5ncco5)cc4)CC3)n2CCS1. The maximum absolute atomic E-state index is 6.65. The highest BCUT2D eigenvalue weighted by molar-refractivity contribution is 8.00. The van der Waals surface area contributed by atoms with Crippen molar-refractivity contribution >= 4 is 20.1 Å². The van der Waals surface area contributed by atoms with E-state index in [0.29, 0.717) is 5.89 Å². The van der Waals surface area contributed by atoms with Gasteiger partial charge < -0.3 is 13.4 Å². The van der Waals surface area contributed by atoms with Gasteiger partial charge in [0.05, 0.1) is 11.6 Å². The summed E-state index contributed by atoms with van der Waals surface area (Å²) in [6.45, 7) is 15.6. The van der Waals surface area contributed by atoms with Crippen LogP contribution in [0.25, 0.3) is 11.5 Å². The molecule has 0 spiro atoms. The molecule has 1 aliphatic carbocycles. The molecule has 0 N–H and O–H groups in total. The van der Waals surface area contributed by atoms with Gasteiger partial charge in [-0.1, -0.05) is 32.9 Å². The molecule has 0 bridgehead atoms. The molecule has 1 aromatic carbocycles. The van der Waals surface area contributed by atoms with Crippen LogP contribution in [-0.2, 0) is 22.8 Å². The Labute approximate surface area is 208 Å². The van der Waals surface area contributed by atoms with Crippen LogP contribution in [0.15, 0.2) is 41.1 Å². The third-order valence-electron chi connectivity index (χ3n) is 7.96. The van der Waals surface area contributed by atoms with Gasteiger partial charge in [0.2, 0.25) is 5.89 Å². The van der Waals surface area contributed by atoms with Crippen LogP contribution < -0.4 is 0 Å². The van der Waals surface area contributed by atoms with Crippen LogP contribution >= 0.6 is 11.8 Å². The normalized spacial score (nSPS) is 22.3. The average Bonchev–Trinajstić information content (AvgIpc) is 3.27. The smallest absolute Gasteiger partial charge is 0.225 e. The van der Waals surface area contributed by atoms with Gasteiger partial charge in [-0.15, -0.1) is 10.2 Å². The molecular formula is C26H36N4O2SSi. The zero-order chi connectivity index (χ0) is 24.2. The quantitative estimate of drug-likeness (QED) is 0.385. The lowest BCUT2D eigenvalue weighted by Gasteiger charge is -2.39. The van der Waals surface area contributed by atoms with Crippen molar-refractivity contribution in [3.05, 3.63) is 53.9 Å². The summed E-state index contributed by atoms with van der Waals surface area (Å²) in [5.41, 5.74) is 2.28. The van der Waals surface area contributed by atoms with Crippen LogP contribution in [0.4, 0.5) is 0 Å². The molecule has 1 saturated carbocycles. The number of nitrogens with zero attached hydrogens (tertiary/aromatic N) is 4. The number of benzene rings is 1. The first-order chi connectivity index (χ1) is 16.0. The molecule has 3 heterocycles. The van der Waals surface area contributed by atoms with Crippen molar-refractivity contribution in [3.8, 4) is 11.5 Å². The van der Waals surface area contributed by atoms with Gasteiger partial charge in [0, 0.05) is 35.6 Å². The predicted octanol–water partition coefficient (Wildman–Crippen LogP) is 6.08. The number of aromatic nitrogens is 4. The molecular weight excluding hydrogens is 460 g/mol. The van der Waals surface area contributed by atoms with Gasteiger partial charge in [0.1, 0.15) is 17.9 Å². The van der Waals surface area contributed by atoms with Crippen LogP contribution in [0.2, 0.25) is 18.1 Å². The van der Waals surface area contributed by atoms with E-state index in [4.69, 9.17) is 19.0 Å². The summed E-state index contributed by atoms with van der Waals surface area (Å²) in [5, 5.41) is 9.72. The highest BCUT2D eigenvalue weighted by atomic mass is 32.2. The second-order valence-electron chi connectivity index (χ2n) is 11.6. The van der Waals surface area contributed by atoms with Crippen molar-refractivity contribution in [2.75, 3.05) is 12.4 Å². The minimum Gasteiger partial charge on any atom is -0.445 e. The number of hydrogen-bond donors (Lipinski definition) is 0. The predicted molar refractivity (Wildman–Crippen MR) is 140 cm³/mol. The fraction of sp³-hybridized carbons (Fsp3) is 0.577. The summed E-state index contributed by atoms with van der Waals surface area (Å²) in [6.07, 6.45) is 6.41. The van der Waals surface area contributed by atoms with Crippen LogP contribution in [0.5, 0.6) is 0 Å². The Kier molecular flexibility index (Phi) is 5.85. The summed E-state index contributed by atoms with van der Waals surface area (Å²) in [4.78, 5) is 4.27. The molecule has 34 heavy (non-hydrogen) atoms. The fourth-order valence-electron chi connectivity index (χ4n) is 4.53. The van der Waals surface area contributed by atoms with Crippen molar-refractivity contribution < 1.29 is 8.84 Å². The second-order valence-corrected chi connectivity index (χ2v) is 18.1. The summed E-state index contributed by atoms with van der Waals surface area (Å²) < 4.78 is 14.5. The van der Waals surface area contributed by atoms with E-state index in [1.807, 2.05) is 11.8 Å². The van der Waals surface area contributed by atoms with Crippen molar-refractivity contribution in [1.82, 2.24) is 19.7 Å². The van der Waals surface area contributed by atoms with Crippen LogP contribution in [0.1, 0.15) is 57.7 Å². The van der Waals surface area contributed by atoms with E-state index in [9.17, 15) is 0 Å². The third-order valence-corrected chi connectivity index (χ3v) is 13.8.